The van der Waals surface area contributed by atoms with Crippen molar-refractivity contribution < 1.29 is 4.74 Å². The molecule has 0 aliphatic carbocycles. The Bertz CT molecular complexity index is 274. The van der Waals surface area contributed by atoms with Gasteiger partial charge in [-0.05, 0) is 37.3 Å². The predicted molar refractivity (Wildman–Crippen MR) is 70.2 cm³/mol. The fourth-order valence-corrected chi connectivity index (χ4v) is 2.34. The second-order valence-corrected chi connectivity index (χ2v) is 5.22. The zero-order chi connectivity index (χ0) is 12.0. The molecule has 1 aromatic carbocycles. The first kappa shape index (κ1) is 13.4. The predicted octanol–water partition coefficient (Wildman–Crippen LogP) is 4.36. The average molecular weight is 241 g/mol. The molecule has 0 saturated carbocycles. The van der Waals surface area contributed by atoms with Gasteiger partial charge >= 0.3 is 0 Å². The van der Waals surface area contributed by atoms with Gasteiger partial charge in [-0.2, -0.15) is 0 Å². The molecule has 2 heteroatoms. The fraction of sp³-hybridized carbons (Fsp3) is 0.571. The van der Waals surface area contributed by atoms with E-state index in [0.29, 0.717) is 11.8 Å². The molecule has 0 N–H and O–H groups in total. The summed E-state index contributed by atoms with van der Waals surface area (Å²) in [6.07, 6.45) is 1.01. The summed E-state index contributed by atoms with van der Waals surface area (Å²) in [5.41, 5.74) is 0. The Hall–Kier alpha value is -0.690. The summed E-state index contributed by atoms with van der Waals surface area (Å²) in [6, 6.07) is 9.92. The molecule has 0 saturated heterocycles. The third-order valence-electron chi connectivity index (χ3n) is 2.91. The molecule has 1 aromatic rings. The van der Waals surface area contributed by atoms with Crippen LogP contribution in [0.25, 0.3) is 0 Å². The average Bonchev–Trinajstić information content (AvgIpc) is 2.24. The van der Waals surface area contributed by atoms with Crippen LogP contribution in [-0.4, -0.2) is 12.0 Å². The zero-order valence-electron chi connectivity index (χ0n) is 10.3. The van der Waals surface area contributed by atoms with Crippen molar-refractivity contribution in [2.75, 3.05) is 6.61 Å². The first-order chi connectivity index (χ1) is 7.61. The Morgan fingerprint density at radius 3 is 2.25 bits per heavy atom. The van der Waals surface area contributed by atoms with Crippen LogP contribution < -0.4 is 4.74 Å². The lowest BCUT2D eigenvalue weighted by molar-refractivity contribution is 0.246. The van der Waals surface area contributed by atoms with Crippen LogP contribution in [0.15, 0.2) is 30.3 Å². The van der Waals surface area contributed by atoms with Crippen LogP contribution in [0.4, 0.5) is 0 Å². The Morgan fingerprint density at radius 2 is 1.75 bits per heavy atom. The number of para-hydroxylation sites is 1. The number of halogens is 1. The van der Waals surface area contributed by atoms with Crippen molar-refractivity contribution >= 4 is 11.6 Å². The highest BCUT2D eigenvalue weighted by atomic mass is 35.5. The van der Waals surface area contributed by atoms with E-state index in [1.54, 1.807) is 0 Å². The molecule has 90 valence electrons. The SMILES string of the molecule is CC(C)C(CCOc1ccccc1)C(C)Cl. The number of hydrogen-bond donors (Lipinski definition) is 0. The molecule has 0 spiro atoms. The molecular weight excluding hydrogens is 220 g/mol. The third-order valence-corrected chi connectivity index (χ3v) is 3.23. The van der Waals surface area contributed by atoms with Crippen LogP contribution in [0.2, 0.25) is 0 Å². The van der Waals surface area contributed by atoms with Crippen molar-refractivity contribution in [1.82, 2.24) is 0 Å². The van der Waals surface area contributed by atoms with Gasteiger partial charge in [-0.3, -0.25) is 0 Å². The van der Waals surface area contributed by atoms with Crippen molar-refractivity contribution in [2.24, 2.45) is 11.8 Å². The van der Waals surface area contributed by atoms with Gasteiger partial charge in [0, 0.05) is 5.38 Å². The smallest absolute Gasteiger partial charge is 0.119 e. The molecule has 0 radical (unpaired) electrons. The third kappa shape index (κ3) is 4.44. The summed E-state index contributed by atoms with van der Waals surface area (Å²) < 4.78 is 5.68. The summed E-state index contributed by atoms with van der Waals surface area (Å²) in [4.78, 5) is 0. The van der Waals surface area contributed by atoms with Gasteiger partial charge in [0.15, 0.2) is 0 Å². The number of hydrogen-bond acceptors (Lipinski definition) is 1. The molecule has 0 fully saturated rings. The molecule has 1 nitrogen and oxygen atoms in total. The molecular formula is C14H21ClO. The summed E-state index contributed by atoms with van der Waals surface area (Å²) in [6.45, 7) is 7.23. The van der Waals surface area contributed by atoms with Crippen molar-refractivity contribution in [3.05, 3.63) is 30.3 Å². The van der Waals surface area contributed by atoms with Crippen LogP contribution in [0.1, 0.15) is 27.2 Å². The first-order valence-electron chi connectivity index (χ1n) is 5.93. The Kier molecular flexibility index (Phi) is 5.68. The molecule has 0 amide bonds. The van der Waals surface area contributed by atoms with E-state index in [9.17, 15) is 0 Å². The van der Waals surface area contributed by atoms with Gasteiger partial charge < -0.3 is 4.74 Å². The second kappa shape index (κ2) is 6.80. The van der Waals surface area contributed by atoms with Crippen molar-refractivity contribution in [3.63, 3.8) is 0 Å². The molecule has 16 heavy (non-hydrogen) atoms. The first-order valence-corrected chi connectivity index (χ1v) is 6.37. The standard InChI is InChI=1S/C14H21ClO/c1-11(2)14(12(3)15)9-10-16-13-7-5-4-6-8-13/h4-8,11-12,14H,9-10H2,1-3H3. The van der Waals surface area contributed by atoms with Crippen LogP contribution in [-0.2, 0) is 0 Å². The van der Waals surface area contributed by atoms with E-state index in [1.807, 2.05) is 30.3 Å². The maximum atomic E-state index is 6.16. The van der Waals surface area contributed by atoms with Crippen molar-refractivity contribution in [2.45, 2.75) is 32.6 Å². The van der Waals surface area contributed by atoms with Crippen LogP contribution in [0.5, 0.6) is 5.75 Å². The lowest BCUT2D eigenvalue weighted by Crippen LogP contribution is -2.20. The normalized spacial score (nSPS) is 14.8. The molecule has 2 atom stereocenters. The number of benzene rings is 1. The van der Waals surface area contributed by atoms with Gasteiger partial charge in [-0.1, -0.05) is 32.0 Å². The molecule has 0 bridgehead atoms. The number of alkyl halides is 1. The molecule has 0 aliphatic heterocycles. The highest BCUT2D eigenvalue weighted by Gasteiger charge is 2.18. The lowest BCUT2D eigenvalue weighted by atomic mass is 9.90. The Balaban J connectivity index is 2.34. The number of rotatable bonds is 6. The second-order valence-electron chi connectivity index (χ2n) is 4.54. The van der Waals surface area contributed by atoms with Gasteiger partial charge in [0.25, 0.3) is 0 Å². The summed E-state index contributed by atoms with van der Waals surface area (Å²) in [5, 5.41) is 0.208. The highest BCUT2D eigenvalue weighted by molar-refractivity contribution is 6.20. The Labute approximate surface area is 104 Å². The molecule has 1 rings (SSSR count). The van der Waals surface area contributed by atoms with E-state index in [1.165, 1.54) is 0 Å². The van der Waals surface area contributed by atoms with E-state index in [4.69, 9.17) is 16.3 Å². The van der Waals surface area contributed by atoms with Crippen molar-refractivity contribution in [1.29, 1.82) is 0 Å². The zero-order valence-corrected chi connectivity index (χ0v) is 11.1. The highest BCUT2D eigenvalue weighted by Crippen LogP contribution is 2.23. The largest absolute Gasteiger partial charge is 0.494 e. The fourth-order valence-electron chi connectivity index (χ4n) is 1.92. The monoisotopic (exact) mass is 240 g/mol. The maximum absolute atomic E-state index is 6.16. The minimum Gasteiger partial charge on any atom is -0.494 e. The van der Waals surface area contributed by atoms with Gasteiger partial charge in [0.1, 0.15) is 5.75 Å². The van der Waals surface area contributed by atoms with E-state index in [2.05, 4.69) is 20.8 Å². The quantitative estimate of drug-likeness (QED) is 0.672. The Morgan fingerprint density at radius 1 is 1.12 bits per heavy atom. The summed E-state index contributed by atoms with van der Waals surface area (Å²) in [5.74, 6) is 2.06. The van der Waals surface area contributed by atoms with E-state index >= 15 is 0 Å². The van der Waals surface area contributed by atoms with E-state index in [-0.39, 0.29) is 5.38 Å². The number of ether oxygens (including phenoxy) is 1. The van der Waals surface area contributed by atoms with E-state index < -0.39 is 0 Å². The minimum atomic E-state index is 0.208. The molecule has 2 unspecified atom stereocenters. The van der Waals surface area contributed by atoms with Gasteiger partial charge in [-0.25, -0.2) is 0 Å². The van der Waals surface area contributed by atoms with Crippen molar-refractivity contribution in [3.8, 4) is 5.75 Å². The molecule has 0 aliphatic rings. The molecule has 0 heterocycles. The van der Waals surface area contributed by atoms with Crippen LogP contribution in [0.3, 0.4) is 0 Å². The molecule has 0 aromatic heterocycles. The topological polar surface area (TPSA) is 9.23 Å². The summed E-state index contributed by atoms with van der Waals surface area (Å²) >= 11 is 6.16. The lowest BCUT2D eigenvalue weighted by Gasteiger charge is -2.23. The maximum Gasteiger partial charge on any atom is 0.119 e. The summed E-state index contributed by atoms with van der Waals surface area (Å²) in [7, 11) is 0. The van der Waals surface area contributed by atoms with Crippen LogP contribution in [0, 0.1) is 11.8 Å². The van der Waals surface area contributed by atoms with Gasteiger partial charge in [-0.15, -0.1) is 11.6 Å². The van der Waals surface area contributed by atoms with Gasteiger partial charge in [0.2, 0.25) is 0 Å². The minimum absolute atomic E-state index is 0.208. The van der Waals surface area contributed by atoms with Crippen LogP contribution >= 0.6 is 11.6 Å². The van der Waals surface area contributed by atoms with E-state index in [0.717, 1.165) is 18.8 Å². The van der Waals surface area contributed by atoms with Gasteiger partial charge in [0.05, 0.1) is 6.61 Å².